The normalized spacial score (nSPS) is 12.5. The van der Waals surface area contributed by atoms with Crippen LogP contribution < -0.4 is 0 Å². The molecule has 0 aromatic heterocycles. The van der Waals surface area contributed by atoms with Crippen LogP contribution in [0.3, 0.4) is 0 Å². The SMILES string of the molecule is CCCCC/C=C\C/C=C\C/C=C\CCCCC(=O)O[C@H](COC(=O)CCCCCCCCCCC)COC(=O)CCCCCCCCCCC/C=C\C/C=C\CCCCC. The summed E-state index contributed by atoms with van der Waals surface area (Å²) in [6, 6.07) is 0. The Balaban J connectivity index is 4.36. The number of carbonyl (C=O) groups is 3. The summed E-state index contributed by atoms with van der Waals surface area (Å²) in [5.41, 5.74) is 0. The van der Waals surface area contributed by atoms with Crippen LogP contribution in [0.4, 0.5) is 0 Å². The third-order valence-electron chi connectivity index (χ3n) is 11.0. The molecule has 0 aromatic rings. The molecule has 0 N–H and O–H groups in total. The Hall–Kier alpha value is -2.89. The lowest BCUT2D eigenvalue weighted by Gasteiger charge is -2.18. The molecule has 0 aliphatic rings. The summed E-state index contributed by atoms with van der Waals surface area (Å²) in [5, 5.41) is 0. The molecule has 0 radical (unpaired) electrons. The molecule has 1 atom stereocenters. The largest absolute Gasteiger partial charge is 0.462 e. The molecule has 0 bridgehead atoms. The highest BCUT2D eigenvalue weighted by Gasteiger charge is 2.19. The van der Waals surface area contributed by atoms with Crippen LogP contribution in [-0.4, -0.2) is 37.2 Å². The van der Waals surface area contributed by atoms with Crippen molar-refractivity contribution in [3.05, 3.63) is 60.8 Å². The fourth-order valence-corrected chi connectivity index (χ4v) is 7.07. The Morgan fingerprint density at radius 3 is 0.984 bits per heavy atom. The van der Waals surface area contributed by atoms with Gasteiger partial charge in [-0.1, -0.05) is 204 Å². The summed E-state index contributed by atoms with van der Waals surface area (Å²) in [4.78, 5) is 37.9. The van der Waals surface area contributed by atoms with Crippen molar-refractivity contribution in [3.8, 4) is 0 Å². The number of hydrogen-bond donors (Lipinski definition) is 0. The van der Waals surface area contributed by atoms with Gasteiger partial charge in [0.25, 0.3) is 0 Å². The first kappa shape index (κ1) is 58.1. The van der Waals surface area contributed by atoms with E-state index in [-0.39, 0.29) is 37.5 Å². The average Bonchev–Trinajstić information content (AvgIpc) is 3.26. The van der Waals surface area contributed by atoms with E-state index in [1.807, 2.05) is 0 Å². The van der Waals surface area contributed by atoms with Gasteiger partial charge >= 0.3 is 17.9 Å². The maximum Gasteiger partial charge on any atom is 0.306 e. The zero-order valence-electron chi connectivity index (χ0n) is 40.2. The topological polar surface area (TPSA) is 78.9 Å². The van der Waals surface area contributed by atoms with E-state index in [4.69, 9.17) is 14.2 Å². The molecule has 0 unspecified atom stereocenters. The van der Waals surface area contributed by atoms with E-state index < -0.39 is 6.10 Å². The van der Waals surface area contributed by atoms with E-state index >= 15 is 0 Å². The molecule has 352 valence electrons. The van der Waals surface area contributed by atoms with E-state index in [0.29, 0.717) is 19.3 Å². The van der Waals surface area contributed by atoms with Crippen molar-refractivity contribution in [2.24, 2.45) is 0 Å². The quantitative estimate of drug-likeness (QED) is 0.0263. The molecule has 0 aliphatic heterocycles. The second-order valence-corrected chi connectivity index (χ2v) is 17.1. The molecule has 0 heterocycles. The van der Waals surface area contributed by atoms with E-state index in [9.17, 15) is 14.4 Å². The van der Waals surface area contributed by atoms with Gasteiger partial charge in [0.15, 0.2) is 6.10 Å². The Kier molecular flexibility index (Phi) is 47.4. The van der Waals surface area contributed by atoms with Crippen LogP contribution in [-0.2, 0) is 28.6 Å². The van der Waals surface area contributed by atoms with Gasteiger partial charge in [0.05, 0.1) is 0 Å². The lowest BCUT2D eigenvalue weighted by atomic mass is 10.1. The lowest BCUT2D eigenvalue weighted by molar-refractivity contribution is -0.167. The lowest BCUT2D eigenvalue weighted by Crippen LogP contribution is -2.30. The average molecular weight is 853 g/mol. The molecule has 0 fully saturated rings. The number of ether oxygens (including phenoxy) is 3. The zero-order valence-corrected chi connectivity index (χ0v) is 40.2. The van der Waals surface area contributed by atoms with Gasteiger partial charge in [-0.25, -0.2) is 0 Å². The van der Waals surface area contributed by atoms with Crippen LogP contribution in [0.15, 0.2) is 60.8 Å². The summed E-state index contributed by atoms with van der Waals surface area (Å²) in [6.45, 7) is 6.53. The first-order chi connectivity index (χ1) is 30.0. The van der Waals surface area contributed by atoms with Gasteiger partial charge in [-0.3, -0.25) is 14.4 Å². The Bertz CT molecular complexity index is 1120. The molecular weight excluding hydrogens is 757 g/mol. The van der Waals surface area contributed by atoms with Crippen molar-refractivity contribution < 1.29 is 28.6 Å². The van der Waals surface area contributed by atoms with Crippen molar-refractivity contribution in [1.29, 1.82) is 0 Å². The minimum Gasteiger partial charge on any atom is -0.462 e. The molecule has 6 heteroatoms. The van der Waals surface area contributed by atoms with E-state index in [1.165, 1.54) is 135 Å². The molecule has 0 aliphatic carbocycles. The van der Waals surface area contributed by atoms with Gasteiger partial charge in [-0.2, -0.15) is 0 Å². The van der Waals surface area contributed by atoms with E-state index in [2.05, 4.69) is 81.5 Å². The second-order valence-electron chi connectivity index (χ2n) is 17.1. The second kappa shape index (κ2) is 49.8. The minimum absolute atomic E-state index is 0.0895. The fourth-order valence-electron chi connectivity index (χ4n) is 7.07. The van der Waals surface area contributed by atoms with Crippen LogP contribution >= 0.6 is 0 Å². The number of hydrogen-bond acceptors (Lipinski definition) is 6. The maximum atomic E-state index is 12.8. The summed E-state index contributed by atoms with van der Waals surface area (Å²) in [7, 11) is 0. The van der Waals surface area contributed by atoms with E-state index in [1.54, 1.807) is 0 Å². The Labute approximate surface area is 377 Å². The number of carbonyl (C=O) groups excluding carboxylic acids is 3. The first-order valence-electron chi connectivity index (χ1n) is 25.8. The molecule has 0 saturated heterocycles. The van der Waals surface area contributed by atoms with Gasteiger partial charge < -0.3 is 14.2 Å². The van der Waals surface area contributed by atoms with Crippen molar-refractivity contribution in [2.75, 3.05) is 13.2 Å². The van der Waals surface area contributed by atoms with Crippen molar-refractivity contribution in [3.63, 3.8) is 0 Å². The van der Waals surface area contributed by atoms with Gasteiger partial charge in [-0.15, -0.1) is 0 Å². The minimum atomic E-state index is -0.792. The van der Waals surface area contributed by atoms with Gasteiger partial charge in [0, 0.05) is 19.3 Å². The molecule has 0 aromatic carbocycles. The van der Waals surface area contributed by atoms with Gasteiger partial charge in [0.1, 0.15) is 13.2 Å². The molecule has 0 saturated carbocycles. The Morgan fingerprint density at radius 2 is 0.590 bits per heavy atom. The molecule has 6 nitrogen and oxygen atoms in total. The summed E-state index contributed by atoms with van der Waals surface area (Å²) < 4.78 is 16.7. The number of esters is 3. The van der Waals surface area contributed by atoms with Crippen molar-refractivity contribution in [1.82, 2.24) is 0 Å². The number of unbranched alkanes of at least 4 members (excludes halogenated alkanes) is 25. The third-order valence-corrected chi connectivity index (χ3v) is 11.0. The standard InChI is InChI=1S/C55H96O6/c1-4-7-10-13-16-19-21-23-25-26-27-28-30-31-33-36-39-42-45-48-54(57)60-51-52(50-59-53(56)47-44-41-38-35-18-15-12-9-6-3)61-55(58)49-46-43-40-37-34-32-29-24-22-20-17-14-11-8-5-2/h16-17,19-20,23-25,29,34,37,52H,4-15,18,21-22,26-28,30-33,35-36,38-51H2,1-3H3/b19-16-,20-17-,25-23-,29-24-,37-34-/t52-/m1/s1. The van der Waals surface area contributed by atoms with Crippen molar-refractivity contribution in [2.45, 2.75) is 258 Å². The van der Waals surface area contributed by atoms with Crippen LogP contribution in [0.2, 0.25) is 0 Å². The third kappa shape index (κ3) is 48.0. The van der Waals surface area contributed by atoms with E-state index in [0.717, 1.165) is 70.6 Å². The molecule has 0 spiro atoms. The summed E-state index contributed by atoms with van der Waals surface area (Å²) in [6.07, 6.45) is 60.6. The molecule has 0 rings (SSSR count). The summed E-state index contributed by atoms with van der Waals surface area (Å²) in [5.74, 6) is -0.932. The highest BCUT2D eigenvalue weighted by Crippen LogP contribution is 2.14. The van der Waals surface area contributed by atoms with Crippen molar-refractivity contribution >= 4 is 17.9 Å². The number of allylic oxidation sites excluding steroid dienone is 10. The monoisotopic (exact) mass is 853 g/mol. The molecule has 0 amide bonds. The van der Waals surface area contributed by atoms with Crippen LogP contribution in [0, 0.1) is 0 Å². The highest BCUT2D eigenvalue weighted by molar-refractivity contribution is 5.71. The summed E-state index contributed by atoms with van der Waals surface area (Å²) >= 11 is 0. The zero-order chi connectivity index (χ0) is 44.4. The predicted molar refractivity (Wildman–Crippen MR) is 261 cm³/mol. The van der Waals surface area contributed by atoms with Crippen LogP contribution in [0.25, 0.3) is 0 Å². The van der Waals surface area contributed by atoms with Gasteiger partial charge in [0.2, 0.25) is 0 Å². The highest BCUT2D eigenvalue weighted by atomic mass is 16.6. The Morgan fingerprint density at radius 1 is 0.328 bits per heavy atom. The molecular formula is C55H96O6. The van der Waals surface area contributed by atoms with Crippen LogP contribution in [0.5, 0.6) is 0 Å². The van der Waals surface area contributed by atoms with Crippen LogP contribution in [0.1, 0.15) is 252 Å². The fraction of sp³-hybridized carbons (Fsp3) is 0.764. The number of rotatable bonds is 46. The maximum absolute atomic E-state index is 12.8. The predicted octanol–water partition coefficient (Wildman–Crippen LogP) is 16.9. The molecule has 61 heavy (non-hydrogen) atoms. The first-order valence-corrected chi connectivity index (χ1v) is 25.8. The van der Waals surface area contributed by atoms with Gasteiger partial charge in [-0.05, 0) is 89.9 Å². The smallest absolute Gasteiger partial charge is 0.306 e.